The van der Waals surface area contributed by atoms with Gasteiger partial charge in [-0.3, -0.25) is 4.79 Å². The van der Waals surface area contributed by atoms with Crippen LogP contribution in [0.25, 0.3) is 0 Å². The Morgan fingerprint density at radius 2 is 2.09 bits per heavy atom. The number of carbonyl (C=O) groups is 2. The topological polar surface area (TPSA) is 68.3 Å². The molecule has 0 saturated heterocycles. The number of aromatic nitrogens is 1. The summed E-state index contributed by atoms with van der Waals surface area (Å²) in [5, 5.41) is 3.28. The molecule has 1 aliphatic carbocycles. The van der Waals surface area contributed by atoms with Gasteiger partial charge in [-0.2, -0.15) is 0 Å². The van der Waals surface area contributed by atoms with Crippen LogP contribution in [0.1, 0.15) is 50.8 Å². The number of thiazole rings is 1. The van der Waals surface area contributed by atoms with Crippen molar-refractivity contribution in [2.75, 3.05) is 6.61 Å². The van der Waals surface area contributed by atoms with E-state index in [2.05, 4.69) is 10.3 Å². The van der Waals surface area contributed by atoms with Gasteiger partial charge >= 0.3 is 5.97 Å². The van der Waals surface area contributed by atoms with Crippen LogP contribution < -0.4 is 5.32 Å². The third-order valence-electron chi connectivity index (χ3n) is 3.72. The van der Waals surface area contributed by atoms with Crippen LogP contribution in [-0.4, -0.2) is 23.5 Å². The average Bonchev–Trinajstić information content (AvgIpc) is 3.28. The molecule has 1 saturated carbocycles. The van der Waals surface area contributed by atoms with Crippen LogP contribution in [0, 0.1) is 5.92 Å². The lowest BCUT2D eigenvalue weighted by Gasteiger charge is -2.18. The number of nitrogens with one attached hydrogen (secondary N) is 1. The van der Waals surface area contributed by atoms with Gasteiger partial charge in [0.15, 0.2) is 0 Å². The Morgan fingerprint density at radius 3 is 2.74 bits per heavy atom. The highest BCUT2D eigenvalue weighted by atomic mass is 32.1. The fraction of sp³-hybridized carbons (Fsp3) is 0.353. The van der Waals surface area contributed by atoms with Gasteiger partial charge in [0.05, 0.1) is 18.8 Å². The molecule has 5 nitrogen and oxygen atoms in total. The molecule has 1 fully saturated rings. The highest BCUT2D eigenvalue weighted by Crippen LogP contribution is 2.41. The van der Waals surface area contributed by atoms with E-state index in [4.69, 9.17) is 4.74 Å². The molecular formula is C17H18N2O3S. The van der Waals surface area contributed by atoms with Crippen molar-refractivity contribution >= 4 is 23.2 Å². The van der Waals surface area contributed by atoms with Crippen molar-refractivity contribution in [3.8, 4) is 0 Å². The summed E-state index contributed by atoms with van der Waals surface area (Å²) in [6, 6.07) is 9.98. The van der Waals surface area contributed by atoms with Gasteiger partial charge in [-0.1, -0.05) is 30.3 Å². The standard InChI is InChI=1S/C17H18N2O3S/c1-2-22-17(21)16-18-10-13(23-16)15(20)19-14(12-8-9-12)11-6-4-3-5-7-11/h3-7,10,12,14H,2,8-9H2,1H3,(H,19,20). The van der Waals surface area contributed by atoms with Crippen LogP contribution in [0.4, 0.5) is 0 Å². The zero-order valence-corrected chi connectivity index (χ0v) is 13.6. The lowest BCUT2D eigenvalue weighted by atomic mass is 10.0. The molecule has 2 aromatic rings. The molecule has 0 bridgehead atoms. The summed E-state index contributed by atoms with van der Waals surface area (Å²) in [5.74, 6) is -0.198. The van der Waals surface area contributed by atoms with Gasteiger partial charge in [0, 0.05) is 0 Å². The minimum atomic E-state index is -0.488. The molecule has 120 valence electrons. The molecule has 1 aromatic heterocycles. The quantitative estimate of drug-likeness (QED) is 0.826. The zero-order valence-electron chi connectivity index (χ0n) is 12.8. The molecule has 1 N–H and O–H groups in total. The molecule has 1 atom stereocenters. The summed E-state index contributed by atoms with van der Waals surface area (Å²) < 4.78 is 4.90. The molecule has 0 aliphatic heterocycles. The molecule has 6 heteroatoms. The monoisotopic (exact) mass is 330 g/mol. The summed E-state index contributed by atoms with van der Waals surface area (Å²) in [5.41, 5.74) is 1.11. The summed E-state index contributed by atoms with van der Waals surface area (Å²) in [6.45, 7) is 2.02. The van der Waals surface area contributed by atoms with E-state index in [1.165, 1.54) is 6.20 Å². The van der Waals surface area contributed by atoms with E-state index in [0.717, 1.165) is 29.7 Å². The largest absolute Gasteiger partial charge is 0.461 e. The normalized spacial score (nSPS) is 15.0. The van der Waals surface area contributed by atoms with Crippen molar-refractivity contribution in [1.29, 1.82) is 0 Å². The zero-order chi connectivity index (χ0) is 16.2. The number of hydrogen-bond acceptors (Lipinski definition) is 5. The number of ether oxygens (including phenoxy) is 1. The molecule has 1 aromatic carbocycles. The molecular weight excluding hydrogens is 312 g/mol. The van der Waals surface area contributed by atoms with E-state index in [0.29, 0.717) is 10.8 Å². The molecule has 1 aliphatic rings. The van der Waals surface area contributed by atoms with Crippen LogP contribution in [-0.2, 0) is 4.74 Å². The van der Waals surface area contributed by atoms with Crippen LogP contribution >= 0.6 is 11.3 Å². The summed E-state index contributed by atoms with van der Waals surface area (Å²) in [4.78, 5) is 28.5. The first-order valence-corrected chi connectivity index (χ1v) is 8.49. The Hall–Kier alpha value is -2.21. The average molecular weight is 330 g/mol. The Kier molecular flexibility index (Phi) is 4.71. The van der Waals surface area contributed by atoms with Crippen LogP contribution in [0.5, 0.6) is 0 Å². The third kappa shape index (κ3) is 3.76. The highest BCUT2D eigenvalue weighted by molar-refractivity contribution is 7.15. The fourth-order valence-corrected chi connectivity index (χ4v) is 3.15. The van der Waals surface area contributed by atoms with E-state index < -0.39 is 5.97 Å². The smallest absolute Gasteiger partial charge is 0.367 e. The molecule has 1 amide bonds. The minimum Gasteiger partial charge on any atom is -0.461 e. The van der Waals surface area contributed by atoms with E-state index in [1.807, 2.05) is 30.3 Å². The number of amides is 1. The number of esters is 1. The van der Waals surface area contributed by atoms with Crippen molar-refractivity contribution in [2.24, 2.45) is 5.92 Å². The van der Waals surface area contributed by atoms with Crippen LogP contribution in [0.15, 0.2) is 36.5 Å². The second-order valence-corrected chi connectivity index (χ2v) is 6.48. The number of nitrogens with zero attached hydrogens (tertiary/aromatic N) is 1. The molecule has 1 heterocycles. The van der Waals surface area contributed by atoms with Gasteiger partial charge in [-0.05, 0) is 31.2 Å². The van der Waals surface area contributed by atoms with Crippen molar-refractivity contribution < 1.29 is 14.3 Å². The Labute approximate surface area is 138 Å². The number of rotatable bonds is 6. The fourth-order valence-electron chi connectivity index (χ4n) is 2.44. The highest BCUT2D eigenvalue weighted by Gasteiger charge is 2.33. The third-order valence-corrected chi connectivity index (χ3v) is 4.69. The van der Waals surface area contributed by atoms with E-state index in [-0.39, 0.29) is 23.6 Å². The van der Waals surface area contributed by atoms with Gasteiger partial charge in [0.1, 0.15) is 4.88 Å². The van der Waals surface area contributed by atoms with Crippen molar-refractivity contribution in [1.82, 2.24) is 10.3 Å². The predicted octanol–water partition coefficient (Wildman–Crippen LogP) is 3.20. The lowest BCUT2D eigenvalue weighted by molar-refractivity contribution is 0.0526. The summed E-state index contributed by atoms with van der Waals surface area (Å²) in [7, 11) is 0. The molecule has 0 radical (unpaired) electrons. The first-order valence-electron chi connectivity index (χ1n) is 7.67. The van der Waals surface area contributed by atoms with Crippen molar-refractivity contribution in [3.63, 3.8) is 0 Å². The maximum atomic E-state index is 12.5. The van der Waals surface area contributed by atoms with Gasteiger partial charge in [-0.25, -0.2) is 9.78 Å². The number of benzene rings is 1. The van der Waals surface area contributed by atoms with Crippen LogP contribution in [0.2, 0.25) is 0 Å². The second kappa shape index (κ2) is 6.91. The van der Waals surface area contributed by atoms with E-state index >= 15 is 0 Å². The first kappa shape index (κ1) is 15.7. The van der Waals surface area contributed by atoms with E-state index in [9.17, 15) is 9.59 Å². The van der Waals surface area contributed by atoms with Crippen molar-refractivity contribution in [3.05, 3.63) is 52.0 Å². The Morgan fingerprint density at radius 1 is 1.35 bits per heavy atom. The molecule has 1 unspecified atom stereocenters. The molecule has 0 spiro atoms. The lowest BCUT2D eigenvalue weighted by Crippen LogP contribution is -2.29. The second-order valence-electron chi connectivity index (χ2n) is 5.45. The Bertz CT molecular complexity index is 695. The van der Waals surface area contributed by atoms with E-state index in [1.54, 1.807) is 6.92 Å². The first-order chi connectivity index (χ1) is 11.2. The van der Waals surface area contributed by atoms with Gasteiger partial charge in [0.25, 0.3) is 5.91 Å². The SMILES string of the molecule is CCOC(=O)c1ncc(C(=O)NC(c2ccccc2)C2CC2)s1. The number of carbonyl (C=O) groups excluding carboxylic acids is 2. The maximum Gasteiger partial charge on any atom is 0.367 e. The van der Waals surface area contributed by atoms with Gasteiger partial charge in [-0.15, -0.1) is 11.3 Å². The van der Waals surface area contributed by atoms with Gasteiger partial charge < -0.3 is 10.1 Å². The maximum absolute atomic E-state index is 12.5. The van der Waals surface area contributed by atoms with Gasteiger partial charge in [0.2, 0.25) is 5.01 Å². The van der Waals surface area contributed by atoms with Crippen molar-refractivity contribution in [2.45, 2.75) is 25.8 Å². The minimum absolute atomic E-state index is 0.0110. The molecule has 3 rings (SSSR count). The molecule has 23 heavy (non-hydrogen) atoms. The van der Waals surface area contributed by atoms with Crippen LogP contribution in [0.3, 0.4) is 0 Å². The number of hydrogen-bond donors (Lipinski definition) is 1. The predicted molar refractivity (Wildman–Crippen MR) is 87.4 cm³/mol. The summed E-state index contributed by atoms with van der Waals surface area (Å²) in [6.07, 6.45) is 3.68. The summed E-state index contributed by atoms with van der Waals surface area (Å²) >= 11 is 1.06. The Balaban J connectivity index is 1.71.